The lowest BCUT2D eigenvalue weighted by Crippen LogP contribution is -1.91. The van der Waals surface area contributed by atoms with Gasteiger partial charge in [-0.1, -0.05) is 152 Å². The van der Waals surface area contributed by atoms with Gasteiger partial charge in [0.05, 0.1) is 0 Å². The van der Waals surface area contributed by atoms with Crippen molar-refractivity contribution >= 4 is 96.5 Å². The Hall–Kier alpha value is -6.74. The summed E-state index contributed by atoms with van der Waals surface area (Å²) in [5, 5.41) is 14.8. The first kappa shape index (κ1) is 29.8. The summed E-state index contributed by atoms with van der Waals surface area (Å²) in [5.74, 6) is 0. The average molecular weight is 703 g/mol. The Morgan fingerprint density at radius 1 is 0.333 bits per heavy atom. The van der Waals surface area contributed by atoms with Crippen LogP contribution in [0.5, 0.6) is 0 Å². The van der Waals surface area contributed by atoms with Gasteiger partial charge >= 0.3 is 0 Å². The zero-order chi connectivity index (χ0) is 35.3. The SMILES string of the molecule is c1cc(-c2c3ccccc3c(-c3ccc4ccccc4c3)c3ccccc23)cc(-c2cc3sc4ccc5ccccc5c4c3c3oc4ccccc4c23)c1. The molecule has 0 amide bonds. The monoisotopic (exact) mass is 702 g/mol. The van der Waals surface area contributed by atoms with Crippen molar-refractivity contribution in [3.8, 4) is 33.4 Å². The second kappa shape index (κ2) is 11.4. The number of hydrogen-bond acceptors (Lipinski definition) is 2. The van der Waals surface area contributed by atoms with E-state index in [2.05, 4.69) is 182 Å². The van der Waals surface area contributed by atoms with Crippen LogP contribution >= 0.6 is 11.3 Å². The van der Waals surface area contributed by atoms with Crippen LogP contribution in [-0.4, -0.2) is 0 Å². The molecule has 0 N–H and O–H groups in total. The predicted octanol–water partition coefficient (Wildman–Crippen LogP) is 15.6. The topological polar surface area (TPSA) is 13.1 Å². The van der Waals surface area contributed by atoms with Crippen LogP contribution < -0.4 is 0 Å². The number of thiophene rings is 1. The summed E-state index contributed by atoms with van der Waals surface area (Å²) >= 11 is 1.85. The zero-order valence-electron chi connectivity index (χ0n) is 29.1. The Morgan fingerprint density at radius 2 is 0.907 bits per heavy atom. The van der Waals surface area contributed by atoms with Crippen molar-refractivity contribution in [2.75, 3.05) is 0 Å². The first-order chi connectivity index (χ1) is 26.8. The predicted molar refractivity (Wildman–Crippen MR) is 233 cm³/mol. The van der Waals surface area contributed by atoms with E-state index >= 15 is 0 Å². The van der Waals surface area contributed by atoms with Crippen LogP contribution in [0.25, 0.3) is 119 Å². The van der Waals surface area contributed by atoms with Gasteiger partial charge in [-0.3, -0.25) is 0 Å². The van der Waals surface area contributed by atoms with Crippen molar-refractivity contribution in [3.05, 3.63) is 182 Å². The van der Waals surface area contributed by atoms with Crippen molar-refractivity contribution in [3.63, 3.8) is 0 Å². The molecule has 0 bridgehead atoms. The van der Waals surface area contributed by atoms with Crippen molar-refractivity contribution < 1.29 is 4.42 Å². The second-order valence-corrected chi connectivity index (χ2v) is 15.4. The van der Waals surface area contributed by atoms with Gasteiger partial charge < -0.3 is 4.42 Å². The lowest BCUT2D eigenvalue weighted by Gasteiger charge is -2.18. The van der Waals surface area contributed by atoms with Gasteiger partial charge in [-0.15, -0.1) is 11.3 Å². The minimum Gasteiger partial charge on any atom is -0.455 e. The smallest absolute Gasteiger partial charge is 0.145 e. The molecule has 0 aliphatic carbocycles. The van der Waals surface area contributed by atoms with Crippen molar-refractivity contribution in [2.24, 2.45) is 0 Å². The lowest BCUT2D eigenvalue weighted by atomic mass is 9.85. The molecule has 0 saturated carbocycles. The molecule has 2 heterocycles. The van der Waals surface area contributed by atoms with E-state index in [-0.39, 0.29) is 0 Å². The minimum absolute atomic E-state index is 0.915. The molecule has 0 atom stereocenters. The van der Waals surface area contributed by atoms with Gasteiger partial charge in [-0.25, -0.2) is 0 Å². The summed E-state index contributed by atoms with van der Waals surface area (Å²) in [4.78, 5) is 0. The summed E-state index contributed by atoms with van der Waals surface area (Å²) in [6.07, 6.45) is 0. The maximum absolute atomic E-state index is 6.86. The number of rotatable bonds is 3. The molecule has 0 aliphatic rings. The molecular formula is C52H30OS. The maximum atomic E-state index is 6.86. The van der Waals surface area contributed by atoms with Gasteiger partial charge in [0.25, 0.3) is 0 Å². The molecule has 1 nitrogen and oxygen atoms in total. The lowest BCUT2D eigenvalue weighted by molar-refractivity contribution is 0.673. The standard InChI is InChI=1S/C52H30OS/c1-2-14-33-28-36(25-24-31(33)12-1)48-40-20-7-5-18-38(40)47(39-19-6-8-21-41(39)48)35-16-11-15-34(29-35)43-30-46-51(52-49(43)42-22-9-10-23-44(42)53-52)50-37-17-4-3-13-32(37)26-27-45(50)54-46/h1-30H. The molecule has 2 heteroatoms. The second-order valence-electron chi connectivity index (χ2n) is 14.3. The largest absolute Gasteiger partial charge is 0.455 e. The Kier molecular flexibility index (Phi) is 6.28. The molecule has 12 rings (SSSR count). The van der Waals surface area contributed by atoms with E-state index in [4.69, 9.17) is 4.42 Å². The van der Waals surface area contributed by atoms with Gasteiger partial charge in [0.1, 0.15) is 11.2 Å². The van der Waals surface area contributed by atoms with Crippen LogP contribution in [0.4, 0.5) is 0 Å². The summed E-state index contributed by atoms with van der Waals surface area (Å²) in [7, 11) is 0. The van der Waals surface area contributed by atoms with Crippen LogP contribution in [0.15, 0.2) is 186 Å². The Morgan fingerprint density at radius 3 is 1.65 bits per heavy atom. The fraction of sp³-hybridized carbons (Fsp3) is 0. The fourth-order valence-corrected chi connectivity index (χ4v) is 10.2. The third-order valence-corrected chi connectivity index (χ3v) is 12.5. The summed E-state index contributed by atoms with van der Waals surface area (Å²) in [6, 6.07) is 66.7. The highest BCUT2D eigenvalue weighted by molar-refractivity contribution is 7.26. The fourth-order valence-electron chi connectivity index (χ4n) is 9.07. The number of para-hydroxylation sites is 1. The van der Waals surface area contributed by atoms with Crippen LogP contribution in [0, 0.1) is 0 Å². The highest BCUT2D eigenvalue weighted by atomic mass is 32.1. The van der Waals surface area contributed by atoms with E-state index < -0.39 is 0 Å². The number of furan rings is 1. The first-order valence-electron chi connectivity index (χ1n) is 18.5. The van der Waals surface area contributed by atoms with Gasteiger partial charge in [0.15, 0.2) is 0 Å². The highest BCUT2D eigenvalue weighted by Gasteiger charge is 2.22. The summed E-state index contributed by atoms with van der Waals surface area (Å²) in [5.41, 5.74) is 9.23. The van der Waals surface area contributed by atoms with Crippen LogP contribution in [0.3, 0.4) is 0 Å². The molecule has 54 heavy (non-hydrogen) atoms. The highest BCUT2D eigenvalue weighted by Crippen LogP contribution is 2.49. The normalized spacial score (nSPS) is 12.1. The first-order valence-corrected chi connectivity index (χ1v) is 19.3. The van der Waals surface area contributed by atoms with Crippen molar-refractivity contribution in [1.29, 1.82) is 0 Å². The third kappa shape index (κ3) is 4.26. The van der Waals surface area contributed by atoms with Crippen LogP contribution in [0.1, 0.15) is 0 Å². The van der Waals surface area contributed by atoms with Crippen molar-refractivity contribution in [1.82, 2.24) is 0 Å². The van der Waals surface area contributed by atoms with Crippen molar-refractivity contribution in [2.45, 2.75) is 0 Å². The molecule has 0 radical (unpaired) electrons. The molecule has 250 valence electrons. The Balaban J connectivity index is 1.14. The van der Waals surface area contributed by atoms with E-state index in [1.165, 1.54) is 102 Å². The minimum atomic E-state index is 0.915. The number of fused-ring (bicyclic) bond motifs is 12. The molecule has 0 fully saturated rings. The van der Waals surface area contributed by atoms with Crippen LogP contribution in [-0.2, 0) is 0 Å². The molecule has 0 aliphatic heterocycles. The molecule has 0 saturated heterocycles. The Labute approximate surface area is 314 Å². The molecule has 2 aromatic heterocycles. The van der Waals surface area contributed by atoms with Crippen LogP contribution in [0.2, 0.25) is 0 Å². The van der Waals surface area contributed by atoms with Gasteiger partial charge in [-0.2, -0.15) is 0 Å². The summed E-state index contributed by atoms with van der Waals surface area (Å²) in [6.45, 7) is 0. The maximum Gasteiger partial charge on any atom is 0.145 e. The van der Waals surface area contributed by atoms with E-state index in [9.17, 15) is 0 Å². The van der Waals surface area contributed by atoms with E-state index in [1.54, 1.807) is 0 Å². The van der Waals surface area contributed by atoms with Gasteiger partial charge in [-0.05, 0) is 107 Å². The Bertz CT molecular complexity index is 3450. The molecule has 0 spiro atoms. The summed E-state index contributed by atoms with van der Waals surface area (Å²) < 4.78 is 9.38. The molecule has 12 aromatic rings. The number of benzene rings is 10. The van der Waals surface area contributed by atoms with Gasteiger partial charge in [0, 0.05) is 30.9 Å². The third-order valence-electron chi connectivity index (χ3n) is 11.4. The zero-order valence-corrected chi connectivity index (χ0v) is 30.0. The average Bonchev–Trinajstić information content (AvgIpc) is 3.81. The van der Waals surface area contributed by atoms with E-state index in [0.29, 0.717) is 0 Å². The number of hydrogen-bond donors (Lipinski definition) is 0. The molecule has 0 unspecified atom stereocenters. The van der Waals surface area contributed by atoms with Gasteiger partial charge in [0.2, 0.25) is 0 Å². The molecule has 10 aromatic carbocycles. The van der Waals surface area contributed by atoms with E-state index in [1.807, 2.05) is 11.3 Å². The van der Waals surface area contributed by atoms with E-state index in [0.717, 1.165) is 16.6 Å². The quantitative estimate of drug-likeness (QED) is 0.167. The molecular weight excluding hydrogens is 673 g/mol.